The van der Waals surface area contributed by atoms with Crippen molar-refractivity contribution < 1.29 is 12.8 Å². The smallest absolute Gasteiger partial charge is 0.266 e. The van der Waals surface area contributed by atoms with Crippen LogP contribution in [0.25, 0.3) is 0 Å². The number of anilines is 2. The Labute approximate surface area is 117 Å². The van der Waals surface area contributed by atoms with E-state index in [0.717, 1.165) is 9.87 Å². The number of hydrogen-bond acceptors (Lipinski definition) is 3. The van der Waals surface area contributed by atoms with E-state index in [9.17, 15) is 12.8 Å². The van der Waals surface area contributed by atoms with E-state index < -0.39 is 15.8 Å². The highest BCUT2D eigenvalue weighted by molar-refractivity contribution is 7.93. The van der Waals surface area contributed by atoms with Crippen LogP contribution in [0.5, 0.6) is 0 Å². The van der Waals surface area contributed by atoms with Crippen LogP contribution in [0.2, 0.25) is 0 Å². The summed E-state index contributed by atoms with van der Waals surface area (Å²) < 4.78 is 39.0. The number of rotatable bonds is 3. The lowest BCUT2D eigenvalue weighted by Gasteiger charge is -2.20. The van der Waals surface area contributed by atoms with E-state index in [-0.39, 0.29) is 10.6 Å². The van der Waals surface area contributed by atoms with Gasteiger partial charge in [0.15, 0.2) is 0 Å². The summed E-state index contributed by atoms with van der Waals surface area (Å²) in [4.78, 5) is 0.0370. The van der Waals surface area contributed by atoms with E-state index in [1.54, 1.807) is 12.1 Å². The highest BCUT2D eigenvalue weighted by Crippen LogP contribution is 2.26. The molecule has 4 nitrogen and oxygen atoms in total. The summed E-state index contributed by atoms with van der Waals surface area (Å²) >= 11 is 0. The lowest BCUT2D eigenvalue weighted by Crippen LogP contribution is -2.27. The molecule has 106 valence electrons. The van der Waals surface area contributed by atoms with Crippen LogP contribution in [0.1, 0.15) is 5.56 Å². The molecule has 0 aliphatic heterocycles. The topological polar surface area (TPSA) is 63.4 Å². The van der Waals surface area contributed by atoms with Crippen molar-refractivity contribution in [1.82, 2.24) is 0 Å². The van der Waals surface area contributed by atoms with Crippen molar-refractivity contribution in [2.45, 2.75) is 11.8 Å². The number of benzene rings is 2. The highest BCUT2D eigenvalue weighted by Gasteiger charge is 2.23. The average molecular weight is 294 g/mol. The van der Waals surface area contributed by atoms with Crippen molar-refractivity contribution in [3.05, 3.63) is 53.8 Å². The molecule has 20 heavy (non-hydrogen) atoms. The van der Waals surface area contributed by atoms with Gasteiger partial charge in [0, 0.05) is 7.05 Å². The summed E-state index contributed by atoms with van der Waals surface area (Å²) in [6, 6.07) is 9.97. The van der Waals surface area contributed by atoms with Gasteiger partial charge in [0.2, 0.25) is 0 Å². The average Bonchev–Trinajstić information content (AvgIpc) is 2.38. The SMILES string of the molecule is Cc1ccc(S(=O)(=O)N(C)c2ccc(F)cc2)c(N)c1. The molecule has 0 aliphatic carbocycles. The lowest BCUT2D eigenvalue weighted by atomic mass is 10.2. The number of sulfonamides is 1. The van der Waals surface area contributed by atoms with E-state index in [4.69, 9.17) is 5.73 Å². The molecular weight excluding hydrogens is 279 g/mol. The second-order valence-corrected chi connectivity index (χ2v) is 6.43. The van der Waals surface area contributed by atoms with Crippen LogP contribution in [0.15, 0.2) is 47.4 Å². The van der Waals surface area contributed by atoms with Crippen molar-refractivity contribution >= 4 is 21.4 Å². The third-order valence-corrected chi connectivity index (χ3v) is 4.85. The molecule has 0 radical (unpaired) electrons. The normalized spacial score (nSPS) is 11.3. The fraction of sp³-hybridized carbons (Fsp3) is 0.143. The van der Waals surface area contributed by atoms with Crippen molar-refractivity contribution in [1.29, 1.82) is 0 Å². The van der Waals surface area contributed by atoms with Crippen LogP contribution in [0, 0.1) is 12.7 Å². The van der Waals surface area contributed by atoms with Gasteiger partial charge in [-0.3, -0.25) is 4.31 Å². The van der Waals surface area contributed by atoms with Crippen LogP contribution in [0.4, 0.5) is 15.8 Å². The predicted molar refractivity (Wildman–Crippen MR) is 77.6 cm³/mol. The van der Waals surface area contributed by atoms with Crippen molar-refractivity contribution in [3.8, 4) is 0 Å². The molecule has 0 aliphatic rings. The Hall–Kier alpha value is -2.08. The van der Waals surface area contributed by atoms with E-state index in [1.165, 1.54) is 37.4 Å². The van der Waals surface area contributed by atoms with Gasteiger partial charge < -0.3 is 5.73 Å². The molecule has 0 heterocycles. The molecule has 0 fully saturated rings. The van der Waals surface area contributed by atoms with E-state index in [0.29, 0.717) is 5.69 Å². The third-order valence-electron chi connectivity index (χ3n) is 2.99. The minimum Gasteiger partial charge on any atom is -0.398 e. The number of halogens is 1. The first-order valence-electron chi connectivity index (χ1n) is 5.93. The molecule has 0 unspecified atom stereocenters. The van der Waals surface area contributed by atoms with Crippen molar-refractivity contribution in [3.63, 3.8) is 0 Å². The molecule has 0 amide bonds. The summed E-state index contributed by atoms with van der Waals surface area (Å²) in [6.07, 6.45) is 0. The number of nitrogen functional groups attached to an aromatic ring is 1. The Kier molecular flexibility index (Phi) is 3.67. The van der Waals surface area contributed by atoms with Crippen molar-refractivity contribution in [2.24, 2.45) is 0 Å². The first-order chi connectivity index (χ1) is 9.32. The molecule has 0 bridgehead atoms. The van der Waals surface area contributed by atoms with Crippen LogP contribution < -0.4 is 10.0 Å². The first-order valence-corrected chi connectivity index (χ1v) is 7.37. The molecule has 6 heteroatoms. The van der Waals surface area contributed by atoms with Gasteiger partial charge in [-0.1, -0.05) is 6.07 Å². The number of hydrogen-bond donors (Lipinski definition) is 1. The van der Waals surface area contributed by atoms with Gasteiger partial charge in [-0.05, 0) is 48.9 Å². The molecule has 2 aromatic rings. The van der Waals surface area contributed by atoms with Gasteiger partial charge in [-0.15, -0.1) is 0 Å². The fourth-order valence-electron chi connectivity index (χ4n) is 1.84. The lowest BCUT2D eigenvalue weighted by molar-refractivity contribution is 0.594. The van der Waals surface area contributed by atoms with Crippen molar-refractivity contribution in [2.75, 3.05) is 17.1 Å². The Morgan fingerprint density at radius 1 is 1.10 bits per heavy atom. The molecule has 0 spiro atoms. The van der Waals surface area contributed by atoms with Crippen LogP contribution >= 0.6 is 0 Å². The second kappa shape index (κ2) is 5.13. The number of nitrogens with zero attached hydrogens (tertiary/aromatic N) is 1. The van der Waals surface area contributed by atoms with Gasteiger partial charge in [0.05, 0.1) is 11.4 Å². The maximum atomic E-state index is 12.9. The standard InChI is InChI=1S/C14H15FN2O2S/c1-10-3-8-14(13(16)9-10)20(18,19)17(2)12-6-4-11(15)5-7-12/h3-9H,16H2,1-2H3. The zero-order chi connectivity index (χ0) is 14.9. The van der Waals surface area contributed by atoms with E-state index in [2.05, 4.69) is 0 Å². The minimum absolute atomic E-state index is 0.0370. The van der Waals surface area contributed by atoms with Crippen LogP contribution in [-0.2, 0) is 10.0 Å². The van der Waals surface area contributed by atoms with Gasteiger partial charge in [-0.2, -0.15) is 0 Å². The quantitative estimate of drug-likeness (QED) is 0.885. The fourth-order valence-corrected chi connectivity index (χ4v) is 3.13. The summed E-state index contributed by atoms with van der Waals surface area (Å²) in [5.41, 5.74) is 7.22. The van der Waals surface area contributed by atoms with Crippen LogP contribution in [0.3, 0.4) is 0 Å². The van der Waals surface area contributed by atoms with Gasteiger partial charge in [0.25, 0.3) is 10.0 Å². The molecular formula is C14H15FN2O2S. The molecule has 0 aromatic heterocycles. The molecule has 0 saturated heterocycles. The summed E-state index contributed by atoms with van der Waals surface area (Å²) in [5.74, 6) is -0.422. The Morgan fingerprint density at radius 2 is 1.70 bits per heavy atom. The number of nitrogens with two attached hydrogens (primary N) is 1. The van der Waals surface area contributed by atoms with E-state index >= 15 is 0 Å². The highest BCUT2D eigenvalue weighted by atomic mass is 32.2. The molecule has 0 atom stereocenters. The largest absolute Gasteiger partial charge is 0.398 e. The minimum atomic E-state index is -3.77. The second-order valence-electron chi connectivity index (χ2n) is 4.49. The maximum Gasteiger partial charge on any atom is 0.266 e. The van der Waals surface area contributed by atoms with Gasteiger partial charge in [-0.25, -0.2) is 12.8 Å². The maximum absolute atomic E-state index is 12.9. The molecule has 2 aromatic carbocycles. The Morgan fingerprint density at radius 3 is 2.25 bits per heavy atom. The monoisotopic (exact) mass is 294 g/mol. The van der Waals surface area contributed by atoms with E-state index in [1.807, 2.05) is 6.92 Å². The molecule has 2 N–H and O–H groups in total. The zero-order valence-corrected chi connectivity index (χ0v) is 12.0. The van der Waals surface area contributed by atoms with Gasteiger partial charge >= 0.3 is 0 Å². The summed E-state index contributed by atoms with van der Waals surface area (Å²) in [5, 5.41) is 0. The summed E-state index contributed by atoms with van der Waals surface area (Å²) in [7, 11) is -2.36. The Balaban J connectivity index is 2.46. The molecule has 0 saturated carbocycles. The number of aryl methyl sites for hydroxylation is 1. The predicted octanol–water partition coefficient (Wildman–Crippen LogP) is 2.54. The Bertz CT molecular complexity index is 727. The molecule has 2 rings (SSSR count). The summed E-state index contributed by atoms with van der Waals surface area (Å²) in [6.45, 7) is 1.83. The van der Waals surface area contributed by atoms with Crippen LogP contribution in [-0.4, -0.2) is 15.5 Å². The first kappa shape index (κ1) is 14.3. The van der Waals surface area contributed by atoms with Gasteiger partial charge in [0.1, 0.15) is 10.7 Å². The third kappa shape index (κ3) is 2.60. The zero-order valence-electron chi connectivity index (χ0n) is 11.2.